The molecule has 2 aromatic carbocycles. The van der Waals surface area contributed by atoms with Crippen molar-refractivity contribution in [1.29, 1.82) is 0 Å². The van der Waals surface area contributed by atoms with Crippen molar-refractivity contribution in [3.05, 3.63) is 59.7 Å². The molecule has 0 N–H and O–H groups in total. The number of benzene rings is 2. The van der Waals surface area contributed by atoms with Gasteiger partial charge in [-0.05, 0) is 35.4 Å². The maximum atomic E-state index is 12.7. The average Bonchev–Trinajstić information content (AvgIpc) is 2.78. The lowest BCUT2D eigenvalue weighted by Crippen LogP contribution is -2.30. The van der Waals surface area contributed by atoms with E-state index in [1.54, 1.807) is 76.2 Å². The maximum Gasteiger partial charge on any atom is 0.243 e. The van der Waals surface area contributed by atoms with Gasteiger partial charge in [-0.15, -0.1) is 0 Å². The lowest BCUT2D eigenvalue weighted by Gasteiger charge is -2.18. The Morgan fingerprint density at radius 3 is 1.31 bits per heavy atom. The van der Waals surface area contributed by atoms with Gasteiger partial charge in [-0.2, -0.15) is 18.8 Å². The molecule has 0 saturated carbocycles. The third-order valence-corrected chi connectivity index (χ3v) is 8.97. The predicted molar refractivity (Wildman–Crippen MR) is 128 cm³/mol. The molecule has 0 heterocycles. The summed E-state index contributed by atoms with van der Waals surface area (Å²) in [5.41, 5.74) is 1.18. The van der Waals surface area contributed by atoms with E-state index < -0.39 is 20.0 Å². The van der Waals surface area contributed by atoms with E-state index in [0.717, 1.165) is 0 Å². The Hall–Kier alpha value is -2.40. The van der Waals surface area contributed by atoms with Gasteiger partial charge in [0.2, 0.25) is 20.0 Å². The second kappa shape index (κ2) is 11.5. The number of rotatable bonds is 11. The zero-order valence-corrected chi connectivity index (χ0v) is 20.5. The third kappa shape index (κ3) is 6.10. The first-order valence-electron chi connectivity index (χ1n) is 10.5. The van der Waals surface area contributed by atoms with Crippen molar-refractivity contribution in [3.63, 3.8) is 0 Å². The van der Waals surface area contributed by atoms with Crippen LogP contribution in [0.4, 0.5) is 0 Å². The van der Waals surface area contributed by atoms with E-state index in [1.165, 1.54) is 21.0 Å². The molecule has 2 aromatic rings. The number of sulfonamides is 2. The summed E-state index contributed by atoms with van der Waals surface area (Å²) < 4.78 is 53.4. The summed E-state index contributed by atoms with van der Waals surface area (Å²) in [5.74, 6) is 0. The number of hydrogen-bond donors (Lipinski definition) is 0. The van der Waals surface area contributed by atoms with Crippen LogP contribution in [-0.2, 0) is 20.0 Å². The van der Waals surface area contributed by atoms with Crippen molar-refractivity contribution in [2.45, 2.75) is 37.5 Å². The van der Waals surface area contributed by atoms with Crippen LogP contribution in [0.2, 0.25) is 0 Å². The van der Waals surface area contributed by atoms with Crippen LogP contribution < -0.4 is 0 Å². The number of nitrogens with zero attached hydrogens (tertiary/aromatic N) is 4. The van der Waals surface area contributed by atoms with Crippen LogP contribution in [-0.4, -0.2) is 64.1 Å². The zero-order valence-electron chi connectivity index (χ0n) is 18.8. The second-order valence-electron chi connectivity index (χ2n) is 6.81. The van der Waals surface area contributed by atoms with Gasteiger partial charge < -0.3 is 0 Å². The van der Waals surface area contributed by atoms with Gasteiger partial charge in [0.25, 0.3) is 0 Å². The molecule has 0 amide bonds. The maximum absolute atomic E-state index is 12.7. The largest absolute Gasteiger partial charge is 0.243 e. The van der Waals surface area contributed by atoms with Gasteiger partial charge in [0, 0.05) is 26.2 Å². The van der Waals surface area contributed by atoms with E-state index >= 15 is 0 Å². The Labute approximate surface area is 191 Å². The van der Waals surface area contributed by atoms with E-state index in [1.807, 2.05) is 0 Å². The quantitative estimate of drug-likeness (QED) is 0.366. The first-order chi connectivity index (χ1) is 15.2. The summed E-state index contributed by atoms with van der Waals surface area (Å²) in [6, 6.07) is 13.0. The van der Waals surface area contributed by atoms with Crippen LogP contribution in [0.25, 0.3) is 0 Å². The molecule has 0 fully saturated rings. The van der Waals surface area contributed by atoms with E-state index in [9.17, 15) is 16.8 Å². The molecule has 0 bridgehead atoms. The van der Waals surface area contributed by atoms with Crippen LogP contribution >= 0.6 is 0 Å². The molecule has 0 saturated heterocycles. The van der Waals surface area contributed by atoms with Crippen LogP contribution in [0.5, 0.6) is 0 Å². The predicted octanol–water partition coefficient (Wildman–Crippen LogP) is 3.20. The van der Waals surface area contributed by atoms with E-state index in [0.29, 0.717) is 37.3 Å². The van der Waals surface area contributed by atoms with Gasteiger partial charge in [-0.1, -0.05) is 52.0 Å². The Kier molecular flexibility index (Phi) is 9.26. The van der Waals surface area contributed by atoms with Crippen molar-refractivity contribution in [1.82, 2.24) is 8.61 Å². The fourth-order valence-electron chi connectivity index (χ4n) is 3.14. The van der Waals surface area contributed by atoms with Gasteiger partial charge in [0.05, 0.1) is 22.2 Å². The van der Waals surface area contributed by atoms with Gasteiger partial charge in [0.1, 0.15) is 0 Å². The standard InChI is InChI=1S/C22H30N4O4S2/c1-5-25(6-2)31(27,28)21-13-9-11-19(15-21)17-23-24-18-20-12-10-14-22(16-20)32(29,30)26(7-3)8-4/h9-18H,5-8H2,1-4H3/b23-17+,24-18+. The average molecular weight is 479 g/mol. The summed E-state index contributed by atoms with van der Waals surface area (Å²) >= 11 is 0. The molecule has 8 nitrogen and oxygen atoms in total. The fraction of sp³-hybridized carbons (Fsp3) is 0.364. The Balaban J connectivity index is 2.20. The highest BCUT2D eigenvalue weighted by Crippen LogP contribution is 2.17. The molecule has 0 radical (unpaired) electrons. The van der Waals surface area contributed by atoms with Crippen molar-refractivity contribution < 1.29 is 16.8 Å². The summed E-state index contributed by atoms with van der Waals surface area (Å²) in [6.07, 6.45) is 2.91. The molecular weight excluding hydrogens is 448 g/mol. The topological polar surface area (TPSA) is 99.5 Å². The molecule has 0 aliphatic carbocycles. The van der Waals surface area contributed by atoms with Gasteiger partial charge in [-0.3, -0.25) is 0 Å². The van der Waals surface area contributed by atoms with Crippen molar-refractivity contribution >= 4 is 32.5 Å². The highest BCUT2D eigenvalue weighted by atomic mass is 32.2. The summed E-state index contributed by atoms with van der Waals surface area (Å²) in [6.45, 7) is 8.75. The minimum Gasteiger partial charge on any atom is -0.207 e. The smallest absolute Gasteiger partial charge is 0.207 e. The number of hydrogen-bond acceptors (Lipinski definition) is 6. The SMILES string of the molecule is CCN(CC)S(=O)(=O)c1cccc(/C=N/N=C/c2cccc(S(=O)(=O)N(CC)CC)c2)c1. The Morgan fingerprint density at radius 1 is 0.656 bits per heavy atom. The van der Waals surface area contributed by atoms with E-state index in [-0.39, 0.29) is 9.79 Å². The molecule has 10 heteroatoms. The van der Waals surface area contributed by atoms with Gasteiger partial charge in [0.15, 0.2) is 0 Å². The third-order valence-electron chi connectivity index (χ3n) is 4.88. The minimum atomic E-state index is -3.56. The Bertz CT molecular complexity index is 1070. The van der Waals surface area contributed by atoms with Crippen LogP contribution in [0.3, 0.4) is 0 Å². The molecule has 32 heavy (non-hydrogen) atoms. The highest BCUT2D eigenvalue weighted by Gasteiger charge is 2.22. The molecule has 0 aliphatic heterocycles. The Morgan fingerprint density at radius 2 is 1.00 bits per heavy atom. The highest BCUT2D eigenvalue weighted by molar-refractivity contribution is 7.89. The van der Waals surface area contributed by atoms with Crippen LogP contribution in [0.15, 0.2) is 68.5 Å². The monoisotopic (exact) mass is 478 g/mol. The lowest BCUT2D eigenvalue weighted by molar-refractivity contribution is 0.444. The van der Waals surface area contributed by atoms with Crippen molar-refractivity contribution in [2.75, 3.05) is 26.2 Å². The van der Waals surface area contributed by atoms with Gasteiger partial charge in [-0.25, -0.2) is 16.8 Å². The second-order valence-corrected chi connectivity index (χ2v) is 10.7. The van der Waals surface area contributed by atoms with Crippen LogP contribution in [0, 0.1) is 0 Å². The zero-order chi connectivity index (χ0) is 23.8. The van der Waals surface area contributed by atoms with E-state index in [4.69, 9.17) is 0 Å². The van der Waals surface area contributed by atoms with E-state index in [2.05, 4.69) is 10.2 Å². The molecule has 0 atom stereocenters. The molecule has 0 aliphatic rings. The molecular formula is C22H30N4O4S2. The molecule has 0 spiro atoms. The first-order valence-corrected chi connectivity index (χ1v) is 13.4. The summed E-state index contributed by atoms with van der Waals surface area (Å²) in [5, 5.41) is 7.96. The van der Waals surface area contributed by atoms with Crippen molar-refractivity contribution in [2.24, 2.45) is 10.2 Å². The molecule has 2 rings (SSSR count). The minimum absolute atomic E-state index is 0.198. The van der Waals surface area contributed by atoms with Gasteiger partial charge >= 0.3 is 0 Å². The lowest BCUT2D eigenvalue weighted by atomic mass is 10.2. The van der Waals surface area contributed by atoms with Crippen molar-refractivity contribution in [3.8, 4) is 0 Å². The first kappa shape index (κ1) is 25.9. The fourth-order valence-corrected chi connectivity index (χ4v) is 6.16. The molecule has 174 valence electrons. The van der Waals surface area contributed by atoms with Crippen LogP contribution in [0.1, 0.15) is 38.8 Å². The normalized spacial score (nSPS) is 13.1. The molecule has 0 unspecified atom stereocenters. The summed E-state index contributed by atoms with van der Waals surface area (Å²) in [4.78, 5) is 0.395. The molecule has 0 aromatic heterocycles. The summed E-state index contributed by atoms with van der Waals surface area (Å²) in [7, 11) is -7.11.